The molecule has 0 aromatic rings. The SMILES string of the molecule is CC(C)C[C@H](NC(=O)[C@@H](C)N)C(=O)N[C@H](CC(=O)O)C(=O)N[C@@H](C)C(=O)N[C@@H](CC(=O)O)C(=O)N[C@H](CCC(=O)O)C(=O)N[C@@H](C)C(=O)O. The molecule has 0 spiro atoms. The molecule has 0 unspecified atom stereocenters. The van der Waals surface area contributed by atoms with Crippen LogP contribution in [0.4, 0.5) is 0 Å². The lowest BCUT2D eigenvalue weighted by atomic mass is 10.0. The molecular weight excluding hydrogens is 658 g/mol. The van der Waals surface area contributed by atoms with Crippen molar-refractivity contribution >= 4 is 59.3 Å². The second-order valence-corrected chi connectivity index (χ2v) is 11.6. The van der Waals surface area contributed by atoms with Gasteiger partial charge in [0.25, 0.3) is 0 Å². The van der Waals surface area contributed by atoms with Crippen LogP contribution in [0, 0.1) is 5.92 Å². The standard InChI is InChI=1S/C28H45N7O14/c1-11(2)8-16(33-22(42)12(3)29)26(46)35-17(9-20(38)39)25(45)30-13(4)23(43)34-18(10-21(40)41)27(47)32-15(6-7-19(36)37)24(44)31-14(5)28(48)49/h11-18H,6-10,29H2,1-5H3,(H,30,45)(H,31,44)(H,32,47)(H,33,42)(H,34,43)(H,35,46)(H,36,37)(H,38,39)(H,40,41)(H,48,49)/t12-,13+,14+,15-,16+,17-,18+/m1/s1. The number of aliphatic carboxylic acids is 4. The predicted molar refractivity (Wildman–Crippen MR) is 165 cm³/mol. The molecule has 12 N–H and O–H groups in total. The maximum atomic E-state index is 13.0. The Morgan fingerprint density at radius 1 is 0.490 bits per heavy atom. The van der Waals surface area contributed by atoms with Crippen molar-refractivity contribution in [3.05, 3.63) is 0 Å². The molecule has 0 heterocycles. The maximum Gasteiger partial charge on any atom is 0.325 e. The molecular formula is C28H45N7O14. The summed E-state index contributed by atoms with van der Waals surface area (Å²) in [6.45, 7) is 7.03. The summed E-state index contributed by atoms with van der Waals surface area (Å²) in [5.74, 6) is -12.4. The Morgan fingerprint density at radius 2 is 0.878 bits per heavy atom. The second kappa shape index (κ2) is 20.8. The number of hydrogen-bond donors (Lipinski definition) is 11. The first-order valence-electron chi connectivity index (χ1n) is 15.0. The van der Waals surface area contributed by atoms with E-state index in [0.29, 0.717) is 0 Å². The fourth-order valence-corrected chi connectivity index (χ4v) is 3.91. The first-order valence-corrected chi connectivity index (χ1v) is 15.0. The van der Waals surface area contributed by atoms with Crippen molar-refractivity contribution in [2.45, 2.75) is 109 Å². The van der Waals surface area contributed by atoms with Crippen molar-refractivity contribution in [2.75, 3.05) is 0 Å². The van der Waals surface area contributed by atoms with Crippen LogP contribution in [-0.2, 0) is 47.9 Å². The van der Waals surface area contributed by atoms with Crippen LogP contribution in [0.3, 0.4) is 0 Å². The highest BCUT2D eigenvalue weighted by Crippen LogP contribution is 2.07. The zero-order valence-corrected chi connectivity index (χ0v) is 27.6. The van der Waals surface area contributed by atoms with Crippen LogP contribution < -0.4 is 37.6 Å². The molecule has 49 heavy (non-hydrogen) atoms. The number of carboxylic acids is 4. The van der Waals surface area contributed by atoms with E-state index < -0.39 is 127 Å². The van der Waals surface area contributed by atoms with Gasteiger partial charge in [0.15, 0.2) is 0 Å². The predicted octanol–water partition coefficient (Wildman–Crippen LogP) is -3.77. The van der Waals surface area contributed by atoms with E-state index in [4.69, 9.17) is 15.9 Å². The van der Waals surface area contributed by atoms with Crippen molar-refractivity contribution < 1.29 is 68.4 Å². The minimum Gasteiger partial charge on any atom is -0.481 e. The fourth-order valence-electron chi connectivity index (χ4n) is 3.91. The third-order valence-electron chi connectivity index (χ3n) is 6.54. The van der Waals surface area contributed by atoms with E-state index in [0.717, 1.165) is 13.8 Å². The third kappa shape index (κ3) is 17.4. The number of carbonyl (C=O) groups excluding carboxylic acids is 6. The van der Waals surface area contributed by atoms with E-state index in [9.17, 15) is 58.2 Å². The van der Waals surface area contributed by atoms with Gasteiger partial charge in [-0.3, -0.25) is 47.9 Å². The quantitative estimate of drug-likeness (QED) is 0.0515. The van der Waals surface area contributed by atoms with Gasteiger partial charge in [0.1, 0.15) is 36.3 Å². The fraction of sp³-hybridized carbons (Fsp3) is 0.643. The molecule has 7 atom stereocenters. The van der Waals surface area contributed by atoms with E-state index in [1.54, 1.807) is 13.8 Å². The Hall–Kier alpha value is -5.34. The molecule has 0 bridgehead atoms. The summed E-state index contributed by atoms with van der Waals surface area (Å²) in [4.78, 5) is 122. The summed E-state index contributed by atoms with van der Waals surface area (Å²) in [5, 5.41) is 49.6. The van der Waals surface area contributed by atoms with Gasteiger partial charge < -0.3 is 58.1 Å². The van der Waals surface area contributed by atoms with Gasteiger partial charge in [0.05, 0.1) is 18.9 Å². The second-order valence-electron chi connectivity index (χ2n) is 11.6. The highest BCUT2D eigenvalue weighted by molar-refractivity contribution is 5.98. The van der Waals surface area contributed by atoms with Gasteiger partial charge >= 0.3 is 23.9 Å². The molecule has 0 aliphatic heterocycles. The molecule has 0 rings (SSSR count). The highest BCUT2D eigenvalue weighted by Gasteiger charge is 2.33. The summed E-state index contributed by atoms with van der Waals surface area (Å²) in [5.41, 5.74) is 5.54. The summed E-state index contributed by atoms with van der Waals surface area (Å²) >= 11 is 0. The minimum absolute atomic E-state index is 0.0922. The monoisotopic (exact) mass is 703 g/mol. The van der Waals surface area contributed by atoms with Crippen molar-refractivity contribution in [3.8, 4) is 0 Å². The van der Waals surface area contributed by atoms with Crippen LogP contribution in [-0.4, -0.2) is 122 Å². The first kappa shape index (κ1) is 43.7. The average molecular weight is 704 g/mol. The zero-order chi connectivity index (χ0) is 38.2. The van der Waals surface area contributed by atoms with Crippen molar-refractivity contribution in [2.24, 2.45) is 11.7 Å². The van der Waals surface area contributed by atoms with Crippen LogP contribution in [0.5, 0.6) is 0 Å². The number of amides is 6. The van der Waals surface area contributed by atoms with Gasteiger partial charge in [-0.15, -0.1) is 0 Å². The van der Waals surface area contributed by atoms with Gasteiger partial charge in [0, 0.05) is 6.42 Å². The summed E-state index contributed by atoms with van der Waals surface area (Å²) < 4.78 is 0. The number of carbonyl (C=O) groups is 10. The Morgan fingerprint density at radius 3 is 1.31 bits per heavy atom. The van der Waals surface area contributed by atoms with Gasteiger partial charge in [-0.25, -0.2) is 0 Å². The number of nitrogens with two attached hydrogens (primary N) is 1. The number of carboxylic acid groups (broad SMARTS) is 4. The van der Waals surface area contributed by atoms with Gasteiger partial charge in [-0.2, -0.15) is 0 Å². The van der Waals surface area contributed by atoms with Crippen LogP contribution >= 0.6 is 0 Å². The van der Waals surface area contributed by atoms with E-state index >= 15 is 0 Å². The molecule has 0 aliphatic rings. The molecule has 276 valence electrons. The van der Waals surface area contributed by atoms with Crippen molar-refractivity contribution in [3.63, 3.8) is 0 Å². The van der Waals surface area contributed by atoms with Crippen LogP contribution in [0.1, 0.15) is 66.7 Å². The lowest BCUT2D eigenvalue weighted by Crippen LogP contribution is -2.59. The van der Waals surface area contributed by atoms with Crippen molar-refractivity contribution in [1.29, 1.82) is 0 Å². The van der Waals surface area contributed by atoms with Crippen LogP contribution in [0.2, 0.25) is 0 Å². The first-order chi connectivity index (χ1) is 22.5. The highest BCUT2D eigenvalue weighted by atomic mass is 16.4. The topological polar surface area (TPSA) is 350 Å². The summed E-state index contributed by atoms with van der Waals surface area (Å²) in [7, 11) is 0. The molecule has 6 amide bonds. The average Bonchev–Trinajstić information content (AvgIpc) is 2.96. The number of nitrogens with one attached hydrogen (secondary N) is 6. The molecule has 0 fully saturated rings. The smallest absolute Gasteiger partial charge is 0.325 e. The number of hydrogen-bond acceptors (Lipinski definition) is 11. The van der Waals surface area contributed by atoms with E-state index in [2.05, 4.69) is 26.6 Å². The molecule has 21 nitrogen and oxygen atoms in total. The van der Waals surface area contributed by atoms with Crippen molar-refractivity contribution in [1.82, 2.24) is 31.9 Å². The summed E-state index contributed by atoms with van der Waals surface area (Å²) in [6.07, 6.45) is -3.12. The lowest BCUT2D eigenvalue weighted by molar-refractivity contribution is -0.143. The molecule has 0 saturated heterocycles. The van der Waals surface area contributed by atoms with E-state index in [1.807, 2.05) is 5.32 Å². The molecule has 0 radical (unpaired) electrons. The van der Waals surface area contributed by atoms with Gasteiger partial charge in [-0.05, 0) is 39.5 Å². The molecule has 0 aliphatic carbocycles. The maximum absolute atomic E-state index is 13.0. The van der Waals surface area contributed by atoms with Crippen LogP contribution in [0.25, 0.3) is 0 Å². The van der Waals surface area contributed by atoms with E-state index in [-0.39, 0.29) is 12.3 Å². The summed E-state index contributed by atoms with van der Waals surface area (Å²) in [6, 6.07) is -10.5. The minimum atomic E-state index is -1.90. The Balaban J connectivity index is 5.90. The van der Waals surface area contributed by atoms with Gasteiger partial charge in [-0.1, -0.05) is 13.8 Å². The molecule has 0 saturated carbocycles. The Bertz CT molecular complexity index is 1270. The normalized spacial score (nSPS) is 15.1. The third-order valence-corrected chi connectivity index (χ3v) is 6.54. The molecule has 21 heteroatoms. The van der Waals surface area contributed by atoms with Gasteiger partial charge in [0.2, 0.25) is 35.4 Å². The van der Waals surface area contributed by atoms with E-state index in [1.165, 1.54) is 6.92 Å². The van der Waals surface area contributed by atoms with Crippen LogP contribution in [0.15, 0.2) is 0 Å². The number of rotatable bonds is 22. The molecule has 0 aromatic carbocycles. The zero-order valence-electron chi connectivity index (χ0n) is 27.6. The largest absolute Gasteiger partial charge is 0.481 e. The molecule has 0 aromatic heterocycles. The lowest BCUT2D eigenvalue weighted by Gasteiger charge is -2.26. The Labute approximate surface area is 280 Å². The Kier molecular flexibility index (Phi) is 18.5.